The number of halogens is 2. The first-order valence-corrected chi connectivity index (χ1v) is 11.7. The summed E-state index contributed by atoms with van der Waals surface area (Å²) in [4.78, 5) is 31.5. The first-order chi connectivity index (χ1) is 15.8. The van der Waals surface area contributed by atoms with Gasteiger partial charge in [-0.2, -0.15) is 0 Å². The van der Waals surface area contributed by atoms with Gasteiger partial charge in [-0.05, 0) is 49.2 Å². The van der Waals surface area contributed by atoms with Crippen molar-refractivity contribution in [2.75, 3.05) is 13.7 Å². The van der Waals surface area contributed by atoms with E-state index in [4.69, 9.17) is 32.7 Å². The predicted octanol–water partition coefficient (Wildman–Crippen LogP) is 4.11. The highest BCUT2D eigenvalue weighted by Crippen LogP contribution is 2.32. The van der Waals surface area contributed by atoms with Crippen LogP contribution in [0.4, 0.5) is 0 Å². The number of carbonyl (C=O) groups is 1. The summed E-state index contributed by atoms with van der Waals surface area (Å²) in [5.41, 5.74) is 1.90. The zero-order chi connectivity index (χ0) is 23.7. The smallest absolute Gasteiger partial charge is 0.338 e. The molecule has 9 heteroatoms. The molecule has 1 atom stereocenters. The van der Waals surface area contributed by atoms with Crippen molar-refractivity contribution in [3.8, 4) is 5.75 Å². The van der Waals surface area contributed by atoms with Gasteiger partial charge in [0, 0.05) is 0 Å². The molecule has 0 fully saturated rings. The number of hydrogen-bond donors (Lipinski definition) is 0. The van der Waals surface area contributed by atoms with E-state index in [9.17, 15) is 9.59 Å². The molecule has 0 radical (unpaired) electrons. The van der Waals surface area contributed by atoms with E-state index in [1.807, 2.05) is 12.1 Å². The number of methoxy groups -OCH3 is 1. The van der Waals surface area contributed by atoms with Gasteiger partial charge < -0.3 is 9.47 Å². The number of thiazole rings is 1. The molecular formula is C24H20Cl2N2O4S. The van der Waals surface area contributed by atoms with E-state index in [0.29, 0.717) is 42.0 Å². The Morgan fingerprint density at radius 2 is 1.94 bits per heavy atom. The molecule has 0 bridgehead atoms. The standard InChI is InChI=1S/C24H20Cl2N2O4S/c1-4-32-23(30)19-13(2)27-24-28(21(19)14-8-10-16(31-3)11-9-14)22(29)18(33-24)12-15-6-5-7-17(25)20(15)26/h5-12,21H,4H2,1-3H3/b18-12+/t21-/m1/s1. The van der Waals surface area contributed by atoms with Crippen LogP contribution < -0.4 is 19.6 Å². The number of hydrogen-bond acceptors (Lipinski definition) is 6. The van der Waals surface area contributed by atoms with Crippen molar-refractivity contribution in [2.24, 2.45) is 4.99 Å². The second kappa shape index (κ2) is 9.55. The van der Waals surface area contributed by atoms with Crippen LogP contribution in [0.25, 0.3) is 6.08 Å². The number of allylic oxidation sites excluding steroid dienone is 1. The van der Waals surface area contributed by atoms with Crippen molar-refractivity contribution in [1.29, 1.82) is 0 Å². The molecule has 170 valence electrons. The maximum absolute atomic E-state index is 13.6. The molecule has 33 heavy (non-hydrogen) atoms. The summed E-state index contributed by atoms with van der Waals surface area (Å²) in [6.45, 7) is 3.69. The number of aromatic nitrogens is 1. The number of benzene rings is 2. The lowest BCUT2D eigenvalue weighted by Gasteiger charge is -2.24. The number of esters is 1. The van der Waals surface area contributed by atoms with Gasteiger partial charge in [-0.3, -0.25) is 9.36 Å². The summed E-state index contributed by atoms with van der Waals surface area (Å²) >= 11 is 13.7. The van der Waals surface area contributed by atoms with Gasteiger partial charge in [0.1, 0.15) is 5.75 Å². The SMILES string of the molecule is CCOC(=O)C1=C(C)N=c2s/c(=C/c3cccc(Cl)c3Cl)c(=O)n2[C@@H]1c1ccc(OC)cc1. The largest absolute Gasteiger partial charge is 0.497 e. The molecule has 0 spiro atoms. The number of nitrogens with zero attached hydrogens (tertiary/aromatic N) is 2. The van der Waals surface area contributed by atoms with Gasteiger partial charge in [0.2, 0.25) is 0 Å². The number of fused-ring (bicyclic) bond motifs is 1. The molecule has 2 aromatic carbocycles. The molecule has 1 aromatic heterocycles. The van der Waals surface area contributed by atoms with Gasteiger partial charge in [-0.15, -0.1) is 0 Å². The van der Waals surface area contributed by atoms with Crippen LogP contribution in [0, 0.1) is 0 Å². The van der Waals surface area contributed by atoms with Crippen LogP contribution in [0.5, 0.6) is 5.75 Å². The van der Waals surface area contributed by atoms with E-state index >= 15 is 0 Å². The van der Waals surface area contributed by atoms with E-state index in [2.05, 4.69) is 4.99 Å². The summed E-state index contributed by atoms with van der Waals surface area (Å²) in [6, 6.07) is 11.8. The van der Waals surface area contributed by atoms with Crippen LogP contribution in [0.2, 0.25) is 10.0 Å². The van der Waals surface area contributed by atoms with Crippen LogP contribution in [0.3, 0.4) is 0 Å². The first-order valence-electron chi connectivity index (χ1n) is 10.1. The van der Waals surface area contributed by atoms with Gasteiger partial charge in [-0.1, -0.05) is 58.8 Å². The topological polar surface area (TPSA) is 69.9 Å². The molecule has 0 unspecified atom stereocenters. The molecule has 1 aliphatic heterocycles. The van der Waals surface area contributed by atoms with Crippen molar-refractivity contribution in [1.82, 2.24) is 4.57 Å². The molecule has 0 saturated carbocycles. The van der Waals surface area contributed by atoms with E-state index < -0.39 is 12.0 Å². The van der Waals surface area contributed by atoms with Crippen LogP contribution in [0.15, 0.2) is 63.5 Å². The Labute approximate surface area is 204 Å². The third-order valence-electron chi connectivity index (χ3n) is 5.22. The molecule has 6 nitrogen and oxygen atoms in total. The summed E-state index contributed by atoms with van der Waals surface area (Å²) in [7, 11) is 1.58. The third kappa shape index (κ3) is 4.36. The van der Waals surface area contributed by atoms with Crippen LogP contribution >= 0.6 is 34.5 Å². The summed E-state index contributed by atoms with van der Waals surface area (Å²) < 4.78 is 12.5. The lowest BCUT2D eigenvalue weighted by molar-refractivity contribution is -0.139. The highest BCUT2D eigenvalue weighted by Gasteiger charge is 2.33. The van der Waals surface area contributed by atoms with E-state index in [1.165, 1.54) is 15.9 Å². The van der Waals surface area contributed by atoms with Gasteiger partial charge >= 0.3 is 5.97 Å². The summed E-state index contributed by atoms with van der Waals surface area (Å²) in [5, 5.41) is 0.759. The maximum atomic E-state index is 13.6. The minimum Gasteiger partial charge on any atom is -0.497 e. The number of rotatable bonds is 5. The van der Waals surface area contributed by atoms with E-state index in [1.54, 1.807) is 57.4 Å². The van der Waals surface area contributed by atoms with Gasteiger partial charge in [-0.25, -0.2) is 9.79 Å². The molecule has 4 rings (SSSR count). The molecule has 2 heterocycles. The number of carbonyl (C=O) groups excluding carboxylic acids is 1. The van der Waals surface area contributed by atoms with Crippen molar-refractivity contribution in [2.45, 2.75) is 19.9 Å². The lowest BCUT2D eigenvalue weighted by Crippen LogP contribution is -2.39. The molecule has 1 aliphatic rings. The first kappa shape index (κ1) is 23.3. The third-order valence-corrected chi connectivity index (χ3v) is 7.03. The Hall–Kier alpha value is -2.87. The van der Waals surface area contributed by atoms with Crippen LogP contribution in [0.1, 0.15) is 31.0 Å². The maximum Gasteiger partial charge on any atom is 0.338 e. The number of ether oxygens (including phenoxy) is 2. The summed E-state index contributed by atoms with van der Waals surface area (Å²) in [6.07, 6.45) is 1.69. The highest BCUT2D eigenvalue weighted by molar-refractivity contribution is 7.07. The molecular weight excluding hydrogens is 483 g/mol. The Balaban J connectivity index is 1.96. The van der Waals surface area contributed by atoms with Crippen molar-refractivity contribution in [3.05, 3.63) is 94.6 Å². The van der Waals surface area contributed by atoms with Crippen molar-refractivity contribution >= 4 is 46.6 Å². The average Bonchev–Trinajstić information content (AvgIpc) is 3.10. The molecule has 0 saturated heterocycles. The highest BCUT2D eigenvalue weighted by atomic mass is 35.5. The van der Waals surface area contributed by atoms with E-state index in [0.717, 1.165) is 5.56 Å². The average molecular weight is 503 g/mol. The Morgan fingerprint density at radius 3 is 2.61 bits per heavy atom. The minimum absolute atomic E-state index is 0.211. The quantitative estimate of drug-likeness (QED) is 0.492. The predicted molar refractivity (Wildman–Crippen MR) is 130 cm³/mol. The Kier molecular flexibility index (Phi) is 6.74. The normalized spacial score (nSPS) is 15.8. The zero-order valence-corrected chi connectivity index (χ0v) is 20.4. The second-order valence-corrected chi connectivity index (χ2v) is 9.01. The van der Waals surface area contributed by atoms with Crippen molar-refractivity contribution in [3.63, 3.8) is 0 Å². The fraction of sp³-hybridized carbons (Fsp3) is 0.208. The zero-order valence-electron chi connectivity index (χ0n) is 18.1. The fourth-order valence-corrected chi connectivity index (χ4v) is 5.07. The minimum atomic E-state index is -0.691. The molecule has 3 aromatic rings. The molecule has 0 aliphatic carbocycles. The van der Waals surface area contributed by atoms with Crippen LogP contribution in [-0.2, 0) is 9.53 Å². The van der Waals surface area contributed by atoms with Gasteiger partial charge in [0.05, 0.1) is 45.6 Å². The van der Waals surface area contributed by atoms with Crippen LogP contribution in [-0.4, -0.2) is 24.3 Å². The molecule has 0 amide bonds. The van der Waals surface area contributed by atoms with Crippen molar-refractivity contribution < 1.29 is 14.3 Å². The van der Waals surface area contributed by atoms with Gasteiger partial charge in [0.25, 0.3) is 5.56 Å². The van der Waals surface area contributed by atoms with E-state index in [-0.39, 0.29) is 12.2 Å². The van der Waals surface area contributed by atoms with Gasteiger partial charge in [0.15, 0.2) is 4.80 Å². The lowest BCUT2D eigenvalue weighted by atomic mass is 9.96. The Bertz CT molecular complexity index is 1440. The fourth-order valence-electron chi connectivity index (χ4n) is 3.67. The monoisotopic (exact) mass is 502 g/mol. The Morgan fingerprint density at radius 1 is 1.21 bits per heavy atom. The summed E-state index contributed by atoms with van der Waals surface area (Å²) in [5.74, 6) is 0.159. The second-order valence-electron chi connectivity index (χ2n) is 7.22. The molecule has 0 N–H and O–H groups in total.